The second kappa shape index (κ2) is 8.82. The average Bonchev–Trinajstić information content (AvgIpc) is 3.10. The average molecular weight is 384 g/mol. The Morgan fingerprint density at radius 3 is 2.61 bits per heavy atom. The lowest BCUT2D eigenvalue weighted by molar-refractivity contribution is -0.153. The lowest BCUT2D eigenvalue weighted by Gasteiger charge is -2.16. The van der Waals surface area contributed by atoms with Crippen LogP contribution in [0.25, 0.3) is 0 Å². The lowest BCUT2D eigenvalue weighted by atomic mass is 9.89. The van der Waals surface area contributed by atoms with E-state index in [0.717, 1.165) is 19.3 Å². The highest BCUT2D eigenvalue weighted by molar-refractivity contribution is 5.98. The maximum atomic E-state index is 12.4. The van der Waals surface area contributed by atoms with Crippen LogP contribution in [0, 0.1) is 6.92 Å². The molecule has 0 saturated carbocycles. The smallest absolute Gasteiger partial charge is 0.307 e. The van der Waals surface area contributed by atoms with Gasteiger partial charge < -0.3 is 14.6 Å². The Labute approximate surface area is 163 Å². The van der Waals surface area contributed by atoms with Gasteiger partial charge in [0.15, 0.2) is 17.7 Å². The van der Waals surface area contributed by atoms with Gasteiger partial charge in [0.25, 0.3) is 5.91 Å². The Morgan fingerprint density at radius 1 is 1.14 bits per heavy atom. The molecule has 1 atom stereocenters. The number of carbonyl (C=O) groups excluding carboxylic acids is 3. The van der Waals surface area contributed by atoms with Gasteiger partial charge in [-0.25, -0.2) is 0 Å². The van der Waals surface area contributed by atoms with Crippen LogP contribution >= 0.6 is 0 Å². The molecule has 0 unspecified atom stereocenters. The maximum absolute atomic E-state index is 12.4. The number of ketones is 1. The molecule has 0 fully saturated rings. The molecule has 3 rings (SSSR count). The molecule has 28 heavy (non-hydrogen) atoms. The summed E-state index contributed by atoms with van der Waals surface area (Å²) >= 11 is 0. The third kappa shape index (κ3) is 5.06. The number of carbonyl (C=O) groups is 3. The summed E-state index contributed by atoms with van der Waals surface area (Å²) in [5.74, 6) is -0.387. The summed E-state index contributed by atoms with van der Waals surface area (Å²) in [6, 6.07) is 7.34. The van der Waals surface area contributed by atoms with Crippen LogP contribution in [-0.2, 0) is 27.2 Å². The van der Waals surface area contributed by atoms with Crippen LogP contribution in [0.3, 0.4) is 0 Å². The van der Waals surface area contributed by atoms with Crippen molar-refractivity contribution in [2.75, 3.05) is 5.32 Å². The van der Waals surface area contributed by atoms with Crippen LogP contribution in [-0.4, -0.2) is 28.9 Å². The highest BCUT2D eigenvalue weighted by atomic mass is 16.5. The van der Waals surface area contributed by atoms with Crippen molar-refractivity contribution in [2.45, 2.75) is 58.5 Å². The number of nitrogens with zero attached hydrogens (tertiary/aromatic N) is 1. The largest absolute Gasteiger partial charge is 0.453 e. The number of Topliss-reactive ketones (excluding diaryl/α,β-unsaturated/α-hetero) is 1. The topological polar surface area (TPSA) is 98.5 Å². The molecule has 1 aromatic carbocycles. The van der Waals surface area contributed by atoms with Gasteiger partial charge in [0.05, 0.1) is 6.42 Å². The Kier molecular flexibility index (Phi) is 6.23. The second-order valence-corrected chi connectivity index (χ2v) is 7.06. The summed E-state index contributed by atoms with van der Waals surface area (Å²) < 4.78 is 9.96. The number of ether oxygens (including phenoxy) is 1. The molecule has 1 amide bonds. The first-order chi connectivity index (χ1) is 13.4. The lowest BCUT2D eigenvalue weighted by Crippen LogP contribution is -2.30. The second-order valence-electron chi connectivity index (χ2n) is 7.06. The molecule has 148 valence electrons. The Bertz CT molecular complexity index is 887. The van der Waals surface area contributed by atoms with Crippen LogP contribution < -0.4 is 5.32 Å². The van der Waals surface area contributed by atoms with Crippen molar-refractivity contribution in [3.63, 3.8) is 0 Å². The fourth-order valence-electron chi connectivity index (χ4n) is 3.23. The van der Waals surface area contributed by atoms with E-state index in [1.54, 1.807) is 13.0 Å². The SMILES string of the molecule is Cc1cc(NC(=O)[C@@H](C)OC(=O)CCC(=O)c2ccc3c(c2)CCCC3)no1. The van der Waals surface area contributed by atoms with E-state index in [4.69, 9.17) is 9.26 Å². The van der Waals surface area contributed by atoms with Crippen molar-refractivity contribution in [1.29, 1.82) is 0 Å². The summed E-state index contributed by atoms with van der Waals surface area (Å²) in [5.41, 5.74) is 3.16. The van der Waals surface area contributed by atoms with Gasteiger partial charge in [-0.2, -0.15) is 0 Å². The molecule has 0 radical (unpaired) electrons. The van der Waals surface area contributed by atoms with Gasteiger partial charge in [-0.15, -0.1) is 0 Å². The number of aryl methyl sites for hydroxylation is 3. The van der Waals surface area contributed by atoms with Crippen molar-refractivity contribution >= 4 is 23.5 Å². The molecule has 7 heteroatoms. The van der Waals surface area contributed by atoms with Crippen LogP contribution in [0.2, 0.25) is 0 Å². The molecule has 1 N–H and O–H groups in total. The predicted molar refractivity (Wildman–Crippen MR) is 102 cm³/mol. The van der Waals surface area contributed by atoms with E-state index in [0.29, 0.717) is 11.3 Å². The molecule has 2 aromatic rings. The summed E-state index contributed by atoms with van der Waals surface area (Å²) in [7, 11) is 0. The number of nitrogens with one attached hydrogen (secondary N) is 1. The molecule has 0 bridgehead atoms. The minimum atomic E-state index is -0.997. The standard InChI is InChI=1S/C21H24N2O5/c1-13-11-19(23-28-13)22-21(26)14(2)27-20(25)10-9-18(24)17-8-7-15-5-3-4-6-16(15)12-17/h7-8,11-12,14H,3-6,9-10H2,1-2H3,(H,22,23,26)/t14-/m1/s1. The number of anilines is 1. The van der Waals surface area contributed by atoms with Crippen molar-refractivity contribution in [3.8, 4) is 0 Å². The fraction of sp³-hybridized carbons (Fsp3) is 0.429. The van der Waals surface area contributed by atoms with Crippen molar-refractivity contribution < 1.29 is 23.6 Å². The van der Waals surface area contributed by atoms with Crippen LogP contribution in [0.5, 0.6) is 0 Å². The number of hydrogen-bond donors (Lipinski definition) is 1. The monoisotopic (exact) mass is 384 g/mol. The molecule has 1 heterocycles. The van der Waals surface area contributed by atoms with E-state index < -0.39 is 18.0 Å². The highest BCUT2D eigenvalue weighted by Crippen LogP contribution is 2.23. The quantitative estimate of drug-likeness (QED) is 0.580. The Balaban J connectivity index is 1.46. The Hall–Kier alpha value is -2.96. The van der Waals surface area contributed by atoms with E-state index in [9.17, 15) is 14.4 Å². The van der Waals surface area contributed by atoms with Crippen LogP contribution in [0.15, 0.2) is 28.8 Å². The number of fused-ring (bicyclic) bond motifs is 1. The van der Waals surface area contributed by atoms with E-state index in [1.807, 2.05) is 18.2 Å². The van der Waals surface area contributed by atoms with E-state index in [-0.39, 0.29) is 24.4 Å². The zero-order chi connectivity index (χ0) is 20.1. The van der Waals surface area contributed by atoms with Gasteiger partial charge in [0, 0.05) is 18.1 Å². The third-order valence-electron chi connectivity index (χ3n) is 4.78. The van der Waals surface area contributed by atoms with Crippen molar-refractivity contribution in [2.24, 2.45) is 0 Å². The highest BCUT2D eigenvalue weighted by Gasteiger charge is 2.20. The van der Waals surface area contributed by atoms with E-state index in [2.05, 4.69) is 10.5 Å². The summed E-state index contributed by atoms with van der Waals surface area (Å²) in [6.45, 7) is 3.16. The minimum Gasteiger partial charge on any atom is -0.453 e. The first kappa shape index (κ1) is 19.8. The molecular formula is C21H24N2O5. The van der Waals surface area contributed by atoms with Crippen molar-refractivity contribution in [1.82, 2.24) is 5.16 Å². The number of rotatable bonds is 7. The molecule has 7 nitrogen and oxygen atoms in total. The minimum absolute atomic E-state index is 0.0500. The number of esters is 1. The van der Waals surface area contributed by atoms with Gasteiger partial charge in [-0.05, 0) is 56.7 Å². The number of hydrogen-bond acceptors (Lipinski definition) is 6. The first-order valence-corrected chi connectivity index (χ1v) is 9.51. The summed E-state index contributed by atoms with van der Waals surface area (Å²) in [6.07, 6.45) is 3.37. The Morgan fingerprint density at radius 2 is 1.89 bits per heavy atom. The molecule has 0 saturated heterocycles. The molecular weight excluding hydrogens is 360 g/mol. The van der Waals surface area contributed by atoms with Gasteiger partial charge in [0.1, 0.15) is 5.76 Å². The van der Waals surface area contributed by atoms with Gasteiger partial charge in [-0.3, -0.25) is 14.4 Å². The predicted octanol–water partition coefficient (Wildman–Crippen LogP) is 3.40. The summed E-state index contributed by atoms with van der Waals surface area (Å²) in [5, 5.41) is 6.15. The first-order valence-electron chi connectivity index (χ1n) is 9.51. The zero-order valence-electron chi connectivity index (χ0n) is 16.1. The number of amides is 1. The molecule has 1 aliphatic rings. The zero-order valence-corrected chi connectivity index (χ0v) is 16.1. The van der Waals surface area contributed by atoms with Crippen LogP contribution in [0.1, 0.15) is 59.9 Å². The maximum Gasteiger partial charge on any atom is 0.307 e. The normalized spacial score (nSPS) is 14.1. The summed E-state index contributed by atoms with van der Waals surface area (Å²) in [4.78, 5) is 36.4. The third-order valence-corrected chi connectivity index (χ3v) is 4.78. The molecule has 1 aliphatic carbocycles. The van der Waals surface area contributed by atoms with Gasteiger partial charge in [0.2, 0.25) is 0 Å². The number of aromatic nitrogens is 1. The molecule has 1 aromatic heterocycles. The van der Waals surface area contributed by atoms with E-state index in [1.165, 1.54) is 24.5 Å². The molecule has 0 aliphatic heterocycles. The van der Waals surface area contributed by atoms with Crippen molar-refractivity contribution in [3.05, 3.63) is 46.7 Å². The number of benzene rings is 1. The van der Waals surface area contributed by atoms with Gasteiger partial charge >= 0.3 is 5.97 Å². The van der Waals surface area contributed by atoms with Crippen LogP contribution in [0.4, 0.5) is 5.82 Å². The fourth-order valence-corrected chi connectivity index (χ4v) is 3.23. The van der Waals surface area contributed by atoms with Gasteiger partial charge in [-0.1, -0.05) is 17.3 Å². The molecule has 0 spiro atoms. The van der Waals surface area contributed by atoms with E-state index >= 15 is 0 Å².